The molecule has 4 nitrogen and oxygen atoms in total. The van der Waals surface area contributed by atoms with Crippen LogP contribution in [0.4, 0.5) is 20.4 Å². The van der Waals surface area contributed by atoms with E-state index in [2.05, 4.69) is 20.6 Å². The van der Waals surface area contributed by atoms with E-state index in [1.54, 1.807) is 12.4 Å². The summed E-state index contributed by atoms with van der Waals surface area (Å²) in [5, 5.41) is 5.48. The smallest absolute Gasteiger partial charge is 0.168 e. The fourth-order valence-electron chi connectivity index (χ4n) is 1.68. The monoisotopic (exact) mass is 264 g/mol. The molecule has 2 rings (SSSR count). The summed E-state index contributed by atoms with van der Waals surface area (Å²) in [6.45, 7) is 1.86. The average Bonchev–Trinajstić information content (AvgIpc) is 2.42. The zero-order valence-corrected chi connectivity index (χ0v) is 10.6. The molecule has 0 spiro atoms. The number of aromatic nitrogens is 2. The van der Waals surface area contributed by atoms with Gasteiger partial charge in [0.05, 0.1) is 6.04 Å². The maximum absolute atomic E-state index is 13.6. The van der Waals surface area contributed by atoms with Crippen LogP contribution in [0.1, 0.15) is 18.5 Å². The summed E-state index contributed by atoms with van der Waals surface area (Å²) in [5.74, 6) is -1.43. The molecule has 2 N–H and O–H groups in total. The molecule has 0 aliphatic carbocycles. The molecule has 0 aliphatic heterocycles. The first-order valence-corrected chi connectivity index (χ1v) is 5.82. The molecule has 0 aliphatic rings. The second-order valence-corrected chi connectivity index (χ2v) is 4.05. The lowest BCUT2D eigenvalue weighted by atomic mass is 10.1. The van der Waals surface area contributed by atoms with Crippen molar-refractivity contribution in [2.75, 3.05) is 17.7 Å². The third kappa shape index (κ3) is 2.96. The van der Waals surface area contributed by atoms with Crippen LogP contribution in [-0.2, 0) is 0 Å². The Labute approximate surface area is 109 Å². The molecular weight excluding hydrogens is 250 g/mol. The molecule has 0 radical (unpaired) electrons. The van der Waals surface area contributed by atoms with Gasteiger partial charge in [0.15, 0.2) is 23.3 Å². The number of pyridine rings is 2. The molecule has 2 aromatic heterocycles. The van der Waals surface area contributed by atoms with Crippen molar-refractivity contribution in [3.05, 3.63) is 47.8 Å². The van der Waals surface area contributed by atoms with Gasteiger partial charge in [-0.25, -0.2) is 13.8 Å². The fraction of sp³-hybridized carbons (Fsp3) is 0.231. The van der Waals surface area contributed by atoms with Crippen molar-refractivity contribution in [3.63, 3.8) is 0 Å². The topological polar surface area (TPSA) is 49.8 Å². The van der Waals surface area contributed by atoms with E-state index >= 15 is 0 Å². The van der Waals surface area contributed by atoms with Crippen molar-refractivity contribution in [2.24, 2.45) is 0 Å². The molecule has 0 bridgehead atoms. The lowest BCUT2D eigenvalue weighted by Gasteiger charge is -2.16. The first-order chi connectivity index (χ1) is 9.11. The Morgan fingerprint density at radius 2 is 1.74 bits per heavy atom. The number of hydrogen-bond acceptors (Lipinski definition) is 4. The van der Waals surface area contributed by atoms with Gasteiger partial charge in [-0.15, -0.1) is 0 Å². The van der Waals surface area contributed by atoms with Crippen molar-refractivity contribution in [2.45, 2.75) is 13.0 Å². The molecule has 1 atom stereocenters. The Bertz CT molecular complexity index is 560. The van der Waals surface area contributed by atoms with Crippen molar-refractivity contribution in [1.82, 2.24) is 9.97 Å². The minimum Gasteiger partial charge on any atom is -0.371 e. The van der Waals surface area contributed by atoms with Crippen LogP contribution in [-0.4, -0.2) is 17.0 Å². The van der Waals surface area contributed by atoms with Crippen LogP contribution in [0.3, 0.4) is 0 Å². The van der Waals surface area contributed by atoms with E-state index < -0.39 is 11.6 Å². The maximum Gasteiger partial charge on any atom is 0.168 e. The predicted octanol–water partition coefficient (Wildman–Crippen LogP) is 2.97. The van der Waals surface area contributed by atoms with Crippen LogP contribution < -0.4 is 10.6 Å². The lowest BCUT2D eigenvalue weighted by molar-refractivity contribution is 0.577. The predicted molar refractivity (Wildman–Crippen MR) is 70.0 cm³/mol. The average molecular weight is 264 g/mol. The first kappa shape index (κ1) is 13.2. The van der Waals surface area contributed by atoms with Gasteiger partial charge in [-0.05, 0) is 24.6 Å². The van der Waals surface area contributed by atoms with E-state index in [9.17, 15) is 8.78 Å². The molecule has 0 amide bonds. The summed E-state index contributed by atoms with van der Waals surface area (Å²) >= 11 is 0. The van der Waals surface area contributed by atoms with Crippen LogP contribution in [0.2, 0.25) is 0 Å². The summed E-state index contributed by atoms with van der Waals surface area (Å²) in [7, 11) is 1.53. The van der Waals surface area contributed by atoms with Crippen LogP contribution in [0.5, 0.6) is 0 Å². The highest BCUT2D eigenvalue weighted by atomic mass is 19.1. The molecule has 0 saturated heterocycles. The molecule has 0 fully saturated rings. The van der Waals surface area contributed by atoms with Gasteiger partial charge in [0.2, 0.25) is 0 Å². The van der Waals surface area contributed by atoms with E-state index in [1.165, 1.54) is 7.05 Å². The van der Waals surface area contributed by atoms with E-state index in [0.29, 0.717) is 0 Å². The van der Waals surface area contributed by atoms with Crippen LogP contribution in [0.25, 0.3) is 0 Å². The Hall–Kier alpha value is -2.24. The minimum atomic E-state index is -0.725. The van der Waals surface area contributed by atoms with Gasteiger partial charge in [0.1, 0.15) is 0 Å². The highest BCUT2D eigenvalue weighted by Gasteiger charge is 2.13. The molecular formula is C13H14F2N4. The van der Waals surface area contributed by atoms with E-state index in [4.69, 9.17) is 0 Å². The third-order valence-electron chi connectivity index (χ3n) is 2.73. The number of anilines is 2. The Kier molecular flexibility index (Phi) is 3.89. The van der Waals surface area contributed by atoms with Crippen molar-refractivity contribution >= 4 is 11.6 Å². The van der Waals surface area contributed by atoms with Gasteiger partial charge in [-0.2, -0.15) is 0 Å². The lowest BCUT2D eigenvalue weighted by Crippen LogP contribution is -2.11. The van der Waals surface area contributed by atoms with Gasteiger partial charge in [-0.3, -0.25) is 4.98 Å². The molecule has 1 unspecified atom stereocenters. The molecule has 0 saturated carbocycles. The number of rotatable bonds is 4. The summed E-state index contributed by atoms with van der Waals surface area (Å²) in [5.41, 5.74) is 0.937. The maximum atomic E-state index is 13.6. The van der Waals surface area contributed by atoms with Crippen LogP contribution in [0.15, 0.2) is 30.6 Å². The van der Waals surface area contributed by atoms with Crippen molar-refractivity contribution in [1.29, 1.82) is 0 Å². The largest absolute Gasteiger partial charge is 0.371 e. The van der Waals surface area contributed by atoms with Gasteiger partial charge in [0.25, 0.3) is 0 Å². The molecule has 19 heavy (non-hydrogen) atoms. The second-order valence-electron chi connectivity index (χ2n) is 4.05. The van der Waals surface area contributed by atoms with Crippen LogP contribution in [0, 0.1) is 11.6 Å². The summed E-state index contributed by atoms with van der Waals surface area (Å²) < 4.78 is 26.9. The summed E-state index contributed by atoms with van der Waals surface area (Å²) in [4.78, 5) is 7.78. The minimum absolute atomic E-state index is 0.00540. The normalized spacial score (nSPS) is 12.0. The molecule has 6 heteroatoms. The van der Waals surface area contributed by atoms with E-state index in [1.807, 2.05) is 19.1 Å². The van der Waals surface area contributed by atoms with Crippen LogP contribution >= 0.6 is 0 Å². The highest BCUT2D eigenvalue weighted by molar-refractivity contribution is 5.48. The van der Waals surface area contributed by atoms with Crippen molar-refractivity contribution in [3.8, 4) is 0 Å². The second kappa shape index (κ2) is 5.60. The number of nitrogens with zero attached hydrogens (tertiary/aromatic N) is 2. The van der Waals surface area contributed by atoms with Gasteiger partial charge in [-0.1, -0.05) is 0 Å². The van der Waals surface area contributed by atoms with Gasteiger partial charge < -0.3 is 10.6 Å². The zero-order valence-electron chi connectivity index (χ0n) is 10.6. The zero-order chi connectivity index (χ0) is 13.8. The fourth-order valence-corrected chi connectivity index (χ4v) is 1.68. The first-order valence-electron chi connectivity index (χ1n) is 5.82. The molecule has 0 aromatic carbocycles. The number of hydrogen-bond donors (Lipinski definition) is 2. The molecule has 2 heterocycles. The standard InChI is InChI=1S/C13H14F2N4/c1-8(9-3-5-17-6-4-9)18-13-11(15)7-10(14)12(16-2)19-13/h3-8H,1-2H3,(H2,16,18,19). The quantitative estimate of drug-likeness (QED) is 0.891. The van der Waals surface area contributed by atoms with E-state index in [0.717, 1.165) is 11.6 Å². The Morgan fingerprint density at radius 1 is 1.11 bits per heavy atom. The molecule has 100 valence electrons. The number of nitrogens with one attached hydrogen (secondary N) is 2. The van der Waals surface area contributed by atoms with Crippen molar-refractivity contribution < 1.29 is 8.78 Å². The highest BCUT2D eigenvalue weighted by Crippen LogP contribution is 2.23. The number of halogens is 2. The van der Waals surface area contributed by atoms with Gasteiger partial charge in [0, 0.05) is 25.5 Å². The SMILES string of the molecule is CNc1nc(NC(C)c2ccncc2)c(F)cc1F. The Balaban J connectivity index is 2.24. The van der Waals surface area contributed by atoms with E-state index in [-0.39, 0.29) is 17.7 Å². The molecule has 2 aromatic rings. The summed E-state index contributed by atoms with van der Waals surface area (Å²) in [6, 6.07) is 4.27. The Morgan fingerprint density at radius 3 is 2.37 bits per heavy atom. The van der Waals surface area contributed by atoms with Gasteiger partial charge >= 0.3 is 0 Å². The third-order valence-corrected chi connectivity index (χ3v) is 2.73. The summed E-state index contributed by atoms with van der Waals surface area (Å²) in [6.07, 6.45) is 3.31.